The van der Waals surface area contributed by atoms with Crippen molar-refractivity contribution in [2.75, 3.05) is 5.88 Å². The summed E-state index contributed by atoms with van der Waals surface area (Å²) < 4.78 is 36.4. The van der Waals surface area contributed by atoms with Crippen LogP contribution in [0.2, 0.25) is 0 Å². The molecule has 4 nitrogen and oxygen atoms in total. The van der Waals surface area contributed by atoms with E-state index in [0.717, 1.165) is 38.5 Å². The minimum Gasteiger partial charge on any atom is -0.744 e. The molecule has 0 spiro atoms. The Kier molecular flexibility index (Phi) is 35.2. The third kappa shape index (κ3) is 34.9. The van der Waals surface area contributed by atoms with Gasteiger partial charge in [-0.2, -0.15) is 0 Å². The smallest absolute Gasteiger partial charge is 0.181 e. The predicted octanol–water partition coefficient (Wildman–Crippen LogP) is 14.8. The zero-order valence-electron chi connectivity index (χ0n) is 32.6. The van der Waals surface area contributed by atoms with Crippen LogP contribution in [0, 0.1) is 0 Å². The van der Waals surface area contributed by atoms with Gasteiger partial charge in [0.25, 0.3) is 0 Å². The molecule has 0 saturated carbocycles. The van der Waals surface area contributed by atoms with Crippen molar-refractivity contribution in [2.45, 2.75) is 233 Å². The normalized spacial score (nSPS) is 12.8. The number of unbranched alkanes of at least 4 members (excludes halogenated alkanes) is 30. The highest BCUT2D eigenvalue weighted by Gasteiger charge is 2.22. The lowest BCUT2D eigenvalue weighted by molar-refractivity contribution is -0.760. The summed E-state index contributed by atoms with van der Waals surface area (Å²) in [5, 5.41) is 0. The van der Waals surface area contributed by atoms with E-state index in [1.807, 2.05) is 18.6 Å². The Morgan fingerprint density at radius 3 is 0.792 bits per heavy atom. The first-order valence-corrected chi connectivity index (χ1v) is 22.8. The third-order valence-electron chi connectivity index (χ3n) is 9.70. The number of nitrogens with zero attached hydrogens (tertiary/aromatic N) is 1. The maximum absolute atomic E-state index is 12.1. The first-order valence-electron chi connectivity index (χ1n) is 21.2. The first-order chi connectivity index (χ1) is 23.4. The second-order valence-electron chi connectivity index (χ2n) is 14.7. The Morgan fingerprint density at radius 1 is 0.375 bits per heavy atom. The van der Waals surface area contributed by atoms with Gasteiger partial charge in [0.1, 0.15) is 28.7 Å². The van der Waals surface area contributed by atoms with Crippen molar-refractivity contribution in [3.63, 3.8) is 0 Å². The van der Waals surface area contributed by atoms with Gasteiger partial charge in [0.15, 0.2) is 5.88 Å². The lowest BCUT2D eigenvalue weighted by atomic mass is 10.1. The minimum atomic E-state index is -4.41. The number of hydrogen-bond acceptors (Lipinski definition) is 3. The van der Waals surface area contributed by atoms with Crippen LogP contribution >= 0.6 is 0 Å². The highest BCUT2D eigenvalue weighted by atomic mass is 32.2. The van der Waals surface area contributed by atoms with Gasteiger partial charge in [-0.25, -0.2) is 12.9 Å². The highest BCUT2D eigenvalue weighted by Crippen LogP contribution is 2.19. The fourth-order valence-electron chi connectivity index (χ4n) is 6.61. The first kappa shape index (κ1) is 47.1. The predicted molar refractivity (Wildman–Crippen MR) is 212 cm³/mol. The Morgan fingerprint density at radius 2 is 0.583 bits per heavy atom. The summed E-state index contributed by atoms with van der Waals surface area (Å²) in [4.78, 5) is 0. The molecule has 48 heavy (non-hydrogen) atoms. The van der Waals surface area contributed by atoms with Crippen molar-refractivity contribution in [3.05, 3.63) is 36.8 Å². The summed E-state index contributed by atoms with van der Waals surface area (Å²) in [6.45, 7) is 6.80. The van der Waals surface area contributed by atoms with Crippen molar-refractivity contribution in [1.29, 1.82) is 0 Å². The molecule has 5 heteroatoms. The van der Waals surface area contributed by atoms with E-state index >= 15 is 0 Å². The van der Waals surface area contributed by atoms with Crippen LogP contribution in [0.4, 0.5) is 0 Å². The molecule has 0 radical (unpaired) electrons. The summed E-state index contributed by atoms with van der Waals surface area (Å²) in [7, 11) is -4.41. The Hall–Kier alpha value is -0.910. The van der Waals surface area contributed by atoms with Crippen molar-refractivity contribution >= 4 is 10.1 Å². The number of quaternary nitrogens is 1. The van der Waals surface area contributed by atoms with Gasteiger partial charge in [-0.3, -0.25) is 0 Å². The van der Waals surface area contributed by atoms with Gasteiger partial charge in [-0.15, -0.1) is 0 Å². The van der Waals surface area contributed by atoms with E-state index in [-0.39, 0.29) is 4.48 Å². The van der Waals surface area contributed by atoms with Crippen LogP contribution in [-0.4, -0.2) is 23.3 Å². The van der Waals surface area contributed by atoms with E-state index in [0.29, 0.717) is 0 Å². The molecule has 0 aromatic rings. The van der Waals surface area contributed by atoms with Crippen LogP contribution in [0.1, 0.15) is 233 Å². The molecule has 0 aliphatic heterocycles. The molecule has 0 aromatic carbocycles. The number of hydrogen-bond donors (Lipinski definition) is 0. The van der Waals surface area contributed by atoms with Gasteiger partial charge in [-0.1, -0.05) is 194 Å². The quantitative estimate of drug-likeness (QED) is 0.0367. The molecular weight excluding hydrogens is 611 g/mol. The molecular formula is C43H83NO3S. The molecule has 0 rings (SSSR count). The van der Waals surface area contributed by atoms with Crippen molar-refractivity contribution in [2.24, 2.45) is 0 Å². The van der Waals surface area contributed by atoms with Crippen molar-refractivity contribution in [1.82, 2.24) is 0 Å². The molecule has 0 bridgehead atoms. The fourth-order valence-corrected chi connectivity index (χ4v) is 7.42. The largest absolute Gasteiger partial charge is 0.744 e. The molecule has 0 aromatic heterocycles. The minimum absolute atomic E-state index is 0.0148. The van der Waals surface area contributed by atoms with E-state index in [1.54, 1.807) is 0 Å². The molecule has 284 valence electrons. The van der Waals surface area contributed by atoms with Crippen LogP contribution in [0.5, 0.6) is 0 Å². The standard InChI is InChI=1S/C43H83NO3S/c1-4-7-10-13-16-19-22-25-28-31-34-37-40-44(43-48(45,46)47,41-38-35-32-29-26-23-20-17-14-11-8-5-2)42-39-36-33-30-27-24-21-18-15-12-9-6-3/h37-42H,4-36,43H2,1-3H3/b40-37+,41-38+,42-39+. The van der Waals surface area contributed by atoms with Crippen LogP contribution in [-0.2, 0) is 10.1 Å². The Balaban J connectivity index is 4.91. The van der Waals surface area contributed by atoms with Gasteiger partial charge in [0.05, 0.1) is 0 Å². The summed E-state index contributed by atoms with van der Waals surface area (Å²) >= 11 is 0. The van der Waals surface area contributed by atoms with Crippen LogP contribution < -0.4 is 0 Å². The van der Waals surface area contributed by atoms with Crippen LogP contribution in [0.3, 0.4) is 0 Å². The van der Waals surface area contributed by atoms with Crippen molar-refractivity contribution in [3.8, 4) is 0 Å². The number of allylic oxidation sites excluding steroid dienone is 3. The lowest BCUT2D eigenvalue weighted by Crippen LogP contribution is -2.36. The monoisotopic (exact) mass is 694 g/mol. The molecule has 0 N–H and O–H groups in total. The number of rotatable bonds is 38. The molecule has 0 aliphatic rings. The van der Waals surface area contributed by atoms with Gasteiger partial charge >= 0.3 is 0 Å². The summed E-state index contributed by atoms with van der Waals surface area (Å²) in [6.07, 6.45) is 54.1. The Labute approximate surface area is 302 Å². The second kappa shape index (κ2) is 35.9. The second-order valence-corrected chi connectivity index (χ2v) is 16.1. The van der Waals surface area contributed by atoms with E-state index in [9.17, 15) is 13.0 Å². The molecule has 0 heterocycles. The maximum Gasteiger partial charge on any atom is 0.181 e. The van der Waals surface area contributed by atoms with Gasteiger partial charge in [0, 0.05) is 0 Å². The van der Waals surface area contributed by atoms with Gasteiger partial charge in [0.2, 0.25) is 0 Å². The fraction of sp³-hybridized carbons (Fsp3) is 0.860. The average Bonchev–Trinajstić information content (AvgIpc) is 3.05. The van der Waals surface area contributed by atoms with Crippen LogP contribution in [0.25, 0.3) is 0 Å². The van der Waals surface area contributed by atoms with E-state index in [1.165, 1.54) is 173 Å². The van der Waals surface area contributed by atoms with Gasteiger partial charge < -0.3 is 4.55 Å². The highest BCUT2D eigenvalue weighted by molar-refractivity contribution is 7.85. The lowest BCUT2D eigenvalue weighted by Gasteiger charge is -2.28. The topological polar surface area (TPSA) is 57.2 Å². The van der Waals surface area contributed by atoms with Crippen LogP contribution in [0.15, 0.2) is 36.8 Å². The van der Waals surface area contributed by atoms with Gasteiger partial charge in [-0.05, 0) is 56.8 Å². The summed E-state index contributed by atoms with van der Waals surface area (Å²) in [5.74, 6) is -0.454. The zero-order chi connectivity index (χ0) is 35.3. The molecule has 0 amide bonds. The Bertz CT molecular complexity index is 765. The van der Waals surface area contributed by atoms with E-state index < -0.39 is 16.0 Å². The average molecular weight is 694 g/mol. The SMILES string of the molecule is CCCCCCCCCCCC/C=C/[N+](/C=C/CCCCCCCCCCCC)(/C=C/CCCCCCCCCCCC)CS(=O)(=O)[O-]. The van der Waals surface area contributed by atoms with E-state index in [4.69, 9.17) is 0 Å². The third-order valence-corrected chi connectivity index (χ3v) is 10.5. The molecule has 0 unspecified atom stereocenters. The molecule has 0 saturated heterocycles. The maximum atomic E-state index is 12.1. The summed E-state index contributed by atoms with van der Waals surface area (Å²) in [6, 6.07) is 0. The molecule has 0 atom stereocenters. The van der Waals surface area contributed by atoms with E-state index in [2.05, 4.69) is 39.0 Å². The van der Waals surface area contributed by atoms with Crippen molar-refractivity contribution < 1.29 is 17.5 Å². The zero-order valence-corrected chi connectivity index (χ0v) is 33.4. The summed E-state index contributed by atoms with van der Waals surface area (Å²) in [5.41, 5.74) is 0. The molecule has 0 aliphatic carbocycles. The molecule has 0 fully saturated rings.